The molecule has 3 aromatic rings. The van der Waals surface area contributed by atoms with Crippen LogP contribution < -0.4 is 11.5 Å². The fraction of sp³-hybridized carbons (Fsp3) is 0.476. The van der Waals surface area contributed by atoms with E-state index < -0.39 is 83.7 Å². The van der Waals surface area contributed by atoms with Crippen molar-refractivity contribution in [2.75, 3.05) is 18.9 Å². The van der Waals surface area contributed by atoms with Gasteiger partial charge >= 0.3 is 15.6 Å². The van der Waals surface area contributed by atoms with E-state index in [4.69, 9.17) is 25.5 Å². The van der Waals surface area contributed by atoms with Gasteiger partial charge in [-0.05, 0) is 6.07 Å². The number of hydrogen-bond donors (Lipinski definition) is 8. The summed E-state index contributed by atoms with van der Waals surface area (Å²) >= 11 is 0. The second kappa shape index (κ2) is 12.4. The Kier molecular flexibility index (Phi) is 9.13. The zero-order chi connectivity index (χ0) is 32.0. The number of ether oxygens (including phenoxy) is 2. The molecule has 0 bridgehead atoms. The van der Waals surface area contributed by atoms with Gasteiger partial charge in [-0.3, -0.25) is 23.4 Å². The molecule has 23 heteroatoms. The number of carbonyl (C=O) groups excluding carboxylic acids is 1. The molecule has 21 nitrogen and oxygen atoms in total. The van der Waals surface area contributed by atoms with Crippen molar-refractivity contribution in [2.45, 2.75) is 49.0 Å². The van der Waals surface area contributed by atoms with Crippen LogP contribution in [-0.2, 0) is 32.0 Å². The number of pyridine rings is 1. The Morgan fingerprint density at radius 1 is 0.932 bits per heavy atom. The molecule has 3 aromatic heterocycles. The van der Waals surface area contributed by atoms with Crippen molar-refractivity contribution in [3.05, 3.63) is 42.2 Å². The first-order valence-electron chi connectivity index (χ1n) is 12.5. The molecule has 5 rings (SSSR count). The number of aliphatic hydroxyl groups is 4. The van der Waals surface area contributed by atoms with Gasteiger partial charge in [0.15, 0.2) is 17.7 Å². The molecule has 5 heterocycles. The summed E-state index contributed by atoms with van der Waals surface area (Å²) in [5.74, 6) is -0.758. The minimum atomic E-state index is -5.37. The molecule has 0 saturated carbocycles. The summed E-state index contributed by atoms with van der Waals surface area (Å²) in [4.78, 5) is 47.1. The van der Waals surface area contributed by atoms with Gasteiger partial charge in [-0.2, -0.15) is 4.31 Å². The number of nitrogens with zero attached hydrogens (tertiary/aromatic N) is 5. The number of hydrogen-bond acceptors (Lipinski definition) is 17. The lowest BCUT2D eigenvalue weighted by molar-refractivity contribution is -0.0507. The first-order valence-corrected chi connectivity index (χ1v) is 15.5. The molecule has 2 fully saturated rings. The van der Waals surface area contributed by atoms with Gasteiger partial charge < -0.3 is 51.2 Å². The van der Waals surface area contributed by atoms with E-state index in [1.807, 2.05) is 0 Å². The van der Waals surface area contributed by atoms with E-state index in [1.54, 1.807) is 0 Å². The molecule has 0 aromatic carbocycles. The number of phosphoric acid groups is 2. The van der Waals surface area contributed by atoms with E-state index >= 15 is 0 Å². The van der Waals surface area contributed by atoms with Crippen molar-refractivity contribution >= 4 is 38.5 Å². The van der Waals surface area contributed by atoms with Gasteiger partial charge in [-0.25, -0.2) is 24.1 Å². The van der Waals surface area contributed by atoms with Crippen LogP contribution in [0.2, 0.25) is 0 Å². The van der Waals surface area contributed by atoms with Crippen LogP contribution in [0.15, 0.2) is 31.1 Å². The molecule has 0 spiro atoms. The highest BCUT2D eigenvalue weighted by Crippen LogP contribution is 2.60. The van der Waals surface area contributed by atoms with Crippen molar-refractivity contribution in [3.63, 3.8) is 0 Å². The van der Waals surface area contributed by atoms with Gasteiger partial charge in [0.05, 0.1) is 25.1 Å². The van der Waals surface area contributed by atoms with E-state index in [0.717, 1.165) is 6.33 Å². The third-order valence-electron chi connectivity index (χ3n) is 6.74. The number of nitrogens with two attached hydrogens (primary N) is 2. The van der Waals surface area contributed by atoms with E-state index in [2.05, 4.69) is 28.8 Å². The summed E-state index contributed by atoms with van der Waals surface area (Å²) in [7, 11) is -10.7. The summed E-state index contributed by atoms with van der Waals surface area (Å²) < 4.78 is 50.8. The summed E-state index contributed by atoms with van der Waals surface area (Å²) in [5.41, 5.74) is 11.5. The van der Waals surface area contributed by atoms with E-state index in [0.29, 0.717) is 0 Å². The Hall–Kier alpha value is -3.01. The van der Waals surface area contributed by atoms with Crippen LogP contribution >= 0.6 is 15.6 Å². The first-order chi connectivity index (χ1) is 20.7. The summed E-state index contributed by atoms with van der Waals surface area (Å²) in [6, 6.07) is 1.27. The maximum atomic E-state index is 12.4. The molecule has 2 aliphatic rings. The lowest BCUT2D eigenvalue weighted by Crippen LogP contribution is -2.33. The largest absolute Gasteiger partial charge is 0.481 e. The zero-order valence-electron chi connectivity index (χ0n) is 22.2. The van der Waals surface area contributed by atoms with Gasteiger partial charge in [-0.15, -0.1) is 0 Å². The van der Waals surface area contributed by atoms with Crippen LogP contribution in [0.25, 0.3) is 11.2 Å². The summed E-state index contributed by atoms with van der Waals surface area (Å²) in [5, 5.41) is 41.6. The normalized spacial score (nSPS) is 31.6. The average Bonchev–Trinajstić information content (AvgIpc) is 3.61. The quantitative estimate of drug-likeness (QED) is 0.0994. The molecule has 2 aliphatic heterocycles. The van der Waals surface area contributed by atoms with Gasteiger partial charge in [0.1, 0.15) is 54.6 Å². The number of anilines is 1. The zero-order valence-corrected chi connectivity index (χ0v) is 23.9. The topological polar surface area (TPSA) is 327 Å². The van der Waals surface area contributed by atoms with Gasteiger partial charge in [-0.1, -0.05) is 0 Å². The second-order valence-corrected chi connectivity index (χ2v) is 12.7. The fourth-order valence-corrected chi connectivity index (χ4v) is 6.67. The molecule has 0 radical (unpaired) electrons. The number of primary amides is 1. The molecular weight excluding hydrogens is 636 g/mol. The predicted octanol–water partition coefficient (Wildman–Crippen LogP) is -2.37. The van der Waals surface area contributed by atoms with E-state index in [1.165, 1.54) is 29.4 Å². The van der Waals surface area contributed by atoms with Crippen LogP contribution in [-0.4, -0.2) is 110 Å². The molecule has 10 atom stereocenters. The van der Waals surface area contributed by atoms with Crippen molar-refractivity contribution in [3.8, 4) is 0 Å². The molecule has 2 saturated heterocycles. The Labute approximate surface area is 246 Å². The maximum absolute atomic E-state index is 12.4. The fourth-order valence-electron chi connectivity index (χ4n) is 4.58. The number of aliphatic hydroxyl groups excluding tert-OH is 4. The van der Waals surface area contributed by atoms with E-state index in [9.17, 15) is 44.1 Å². The number of aromatic nitrogens is 5. The lowest BCUT2D eigenvalue weighted by Gasteiger charge is -2.20. The number of nitrogen functional groups attached to an aromatic ring is 1. The second-order valence-electron chi connectivity index (χ2n) is 9.69. The molecular formula is C21H27N7O14P2. The number of rotatable bonds is 11. The summed E-state index contributed by atoms with van der Waals surface area (Å²) in [6.45, 7) is -1.81. The minimum Gasteiger partial charge on any atom is -0.387 e. The third-order valence-corrected chi connectivity index (χ3v) is 9.35. The van der Waals surface area contributed by atoms with Crippen molar-refractivity contribution in [1.29, 1.82) is 0 Å². The smallest absolute Gasteiger partial charge is 0.387 e. The van der Waals surface area contributed by atoms with Crippen LogP contribution in [0, 0.1) is 0 Å². The predicted molar refractivity (Wildman–Crippen MR) is 141 cm³/mol. The van der Waals surface area contributed by atoms with Crippen molar-refractivity contribution in [1.82, 2.24) is 24.5 Å². The molecule has 1 amide bonds. The Morgan fingerprint density at radius 2 is 1.57 bits per heavy atom. The van der Waals surface area contributed by atoms with Gasteiger partial charge in [0.2, 0.25) is 5.91 Å². The SMILES string of the molecule is NC(=O)c1cncc([C@@H]2O[C@H](COP(=O)(O)OP(=O)(O)OC[C@H]3O[C@@H](n4cnc5c(N)ncnc54)C(O)[C@H]3O)C(O)[C@@H]2O)c1. The van der Waals surface area contributed by atoms with E-state index in [-0.39, 0.29) is 28.1 Å². The molecule has 0 aliphatic carbocycles. The standard InChI is InChI=1S/C21H27N7O14P2/c22-18-12-20(26-6-25-18)28(7-27-12)21-16(32)14(30)11(41-21)5-39-44(36,37)42-43(34,35)38-4-10-13(29)15(31)17(40-10)8-1-9(19(23)33)3-24-2-8/h1-3,6-7,10-11,13-17,21,29-32H,4-5H2,(H2,23,33)(H,34,35)(H,36,37)(H2,22,25,26)/t10-,11-,13?,14+,15+,16?,17+,21-/m1/s1. The van der Waals surface area contributed by atoms with Crippen LogP contribution in [0.1, 0.15) is 28.3 Å². The number of carbonyl (C=O) groups is 1. The molecule has 240 valence electrons. The number of fused-ring (bicyclic) bond motifs is 1. The number of amides is 1. The average molecular weight is 663 g/mol. The molecule has 44 heavy (non-hydrogen) atoms. The number of phosphoric ester groups is 2. The maximum Gasteiger partial charge on any atom is 0.481 e. The first kappa shape index (κ1) is 32.4. The van der Waals surface area contributed by atoms with Crippen molar-refractivity contribution in [2.24, 2.45) is 5.73 Å². The number of imidazole rings is 1. The van der Waals surface area contributed by atoms with Crippen LogP contribution in [0.4, 0.5) is 5.82 Å². The Bertz CT molecular complexity index is 1630. The monoisotopic (exact) mass is 663 g/mol. The molecule has 4 unspecified atom stereocenters. The highest BCUT2D eigenvalue weighted by molar-refractivity contribution is 7.61. The molecule has 10 N–H and O–H groups in total. The van der Waals surface area contributed by atoms with Crippen LogP contribution in [0.3, 0.4) is 0 Å². The lowest BCUT2D eigenvalue weighted by atomic mass is 10.0. The van der Waals surface area contributed by atoms with Crippen LogP contribution in [0.5, 0.6) is 0 Å². The van der Waals surface area contributed by atoms with Crippen molar-refractivity contribution < 1.29 is 67.0 Å². The minimum absolute atomic E-state index is 0.00466. The highest BCUT2D eigenvalue weighted by atomic mass is 31.3. The van der Waals surface area contributed by atoms with Gasteiger partial charge in [0, 0.05) is 18.0 Å². The third kappa shape index (κ3) is 6.65. The Morgan fingerprint density at radius 3 is 2.23 bits per heavy atom. The highest BCUT2D eigenvalue weighted by Gasteiger charge is 2.48. The Balaban J connectivity index is 1.16. The van der Waals surface area contributed by atoms with Gasteiger partial charge in [0.25, 0.3) is 0 Å². The summed E-state index contributed by atoms with van der Waals surface area (Å²) in [6.07, 6.45) is -7.10.